The number of hydrogen-bond donors (Lipinski definition) is 1. The van der Waals surface area contributed by atoms with Crippen LogP contribution in [-0.4, -0.2) is 19.6 Å². The van der Waals surface area contributed by atoms with Crippen LogP contribution in [0.4, 0.5) is 5.69 Å². The Hall–Kier alpha value is -2.49. The minimum absolute atomic E-state index is 0.0883. The zero-order valence-corrected chi connectivity index (χ0v) is 15.0. The molecule has 4 nitrogen and oxygen atoms in total. The van der Waals surface area contributed by atoms with Crippen LogP contribution < -0.4 is 14.8 Å². The molecule has 2 aromatic carbocycles. The molecule has 4 heteroatoms. The van der Waals surface area contributed by atoms with Crippen molar-refractivity contribution >= 4 is 11.6 Å². The van der Waals surface area contributed by atoms with Crippen LogP contribution in [0, 0.1) is 0 Å². The van der Waals surface area contributed by atoms with Gasteiger partial charge in [-0.05, 0) is 48.2 Å². The number of carbonyl (C=O) groups is 1. The van der Waals surface area contributed by atoms with E-state index < -0.39 is 0 Å². The summed E-state index contributed by atoms with van der Waals surface area (Å²) in [4.78, 5) is 12.4. The Labute approximate surface area is 143 Å². The summed E-state index contributed by atoms with van der Waals surface area (Å²) in [6.07, 6.45) is 0. The first-order chi connectivity index (χ1) is 11.3. The lowest BCUT2D eigenvalue weighted by Gasteiger charge is -2.19. The molecule has 1 N–H and O–H groups in total. The molecule has 0 fully saturated rings. The predicted octanol–water partition coefficient (Wildman–Crippen LogP) is 4.64. The van der Waals surface area contributed by atoms with Crippen LogP contribution in [-0.2, 0) is 5.41 Å². The number of hydrogen-bond acceptors (Lipinski definition) is 3. The molecule has 0 aliphatic carbocycles. The Morgan fingerprint density at radius 2 is 1.71 bits per heavy atom. The van der Waals surface area contributed by atoms with Crippen LogP contribution in [0.1, 0.15) is 43.6 Å². The molecule has 24 heavy (non-hydrogen) atoms. The van der Waals surface area contributed by atoms with E-state index in [2.05, 4.69) is 26.1 Å². The molecular weight excluding hydrogens is 302 g/mol. The fourth-order valence-electron chi connectivity index (χ4n) is 2.34. The third kappa shape index (κ3) is 4.28. The van der Waals surface area contributed by atoms with Crippen molar-refractivity contribution in [3.63, 3.8) is 0 Å². The van der Waals surface area contributed by atoms with Crippen LogP contribution in [0.25, 0.3) is 0 Å². The maximum atomic E-state index is 12.4. The first-order valence-corrected chi connectivity index (χ1v) is 8.08. The summed E-state index contributed by atoms with van der Waals surface area (Å²) >= 11 is 0. The standard InChI is InChI=1S/C20H25NO3/c1-6-24-17-12-7-14(13-18(17)23-5)19(22)21-16-10-8-15(9-11-16)20(2,3)4/h7-13H,6H2,1-5H3,(H,21,22). The van der Waals surface area contributed by atoms with E-state index in [1.54, 1.807) is 25.3 Å². The molecule has 0 saturated carbocycles. The van der Waals surface area contributed by atoms with E-state index in [9.17, 15) is 4.79 Å². The molecule has 0 unspecified atom stereocenters. The minimum Gasteiger partial charge on any atom is -0.493 e. The molecule has 0 aromatic heterocycles. The summed E-state index contributed by atoms with van der Waals surface area (Å²) < 4.78 is 10.8. The van der Waals surface area contributed by atoms with Gasteiger partial charge in [0.25, 0.3) is 5.91 Å². The molecule has 1 amide bonds. The molecule has 0 saturated heterocycles. The van der Waals surface area contributed by atoms with Crippen molar-refractivity contribution in [3.05, 3.63) is 53.6 Å². The SMILES string of the molecule is CCOc1ccc(C(=O)Nc2ccc(C(C)(C)C)cc2)cc1OC. The number of anilines is 1. The van der Waals surface area contributed by atoms with Gasteiger partial charge in [-0.2, -0.15) is 0 Å². The monoisotopic (exact) mass is 327 g/mol. The van der Waals surface area contributed by atoms with E-state index in [0.717, 1.165) is 5.69 Å². The summed E-state index contributed by atoms with van der Waals surface area (Å²) in [7, 11) is 1.56. The van der Waals surface area contributed by atoms with Gasteiger partial charge in [-0.3, -0.25) is 4.79 Å². The van der Waals surface area contributed by atoms with Crippen LogP contribution in [0.15, 0.2) is 42.5 Å². The zero-order valence-electron chi connectivity index (χ0n) is 15.0. The maximum absolute atomic E-state index is 12.4. The second-order valence-electron chi connectivity index (χ2n) is 6.58. The zero-order chi connectivity index (χ0) is 17.7. The smallest absolute Gasteiger partial charge is 0.255 e. The average molecular weight is 327 g/mol. The third-order valence-corrected chi connectivity index (χ3v) is 3.73. The number of amides is 1. The van der Waals surface area contributed by atoms with Crippen molar-refractivity contribution in [1.82, 2.24) is 0 Å². The van der Waals surface area contributed by atoms with Gasteiger partial charge in [-0.25, -0.2) is 0 Å². The Morgan fingerprint density at radius 1 is 1.04 bits per heavy atom. The van der Waals surface area contributed by atoms with E-state index in [1.165, 1.54) is 5.56 Å². The number of methoxy groups -OCH3 is 1. The van der Waals surface area contributed by atoms with Crippen molar-refractivity contribution in [1.29, 1.82) is 0 Å². The lowest BCUT2D eigenvalue weighted by Crippen LogP contribution is -2.13. The highest BCUT2D eigenvalue weighted by atomic mass is 16.5. The molecule has 2 aromatic rings. The molecule has 0 atom stereocenters. The molecule has 0 aliphatic rings. The second-order valence-corrected chi connectivity index (χ2v) is 6.58. The summed E-state index contributed by atoms with van der Waals surface area (Å²) in [6.45, 7) is 8.93. The van der Waals surface area contributed by atoms with Gasteiger partial charge < -0.3 is 14.8 Å². The number of nitrogens with one attached hydrogen (secondary N) is 1. The van der Waals surface area contributed by atoms with Crippen molar-refractivity contribution in [3.8, 4) is 11.5 Å². The first kappa shape index (κ1) is 17.9. The molecule has 0 radical (unpaired) electrons. The quantitative estimate of drug-likeness (QED) is 0.870. The third-order valence-electron chi connectivity index (χ3n) is 3.73. The normalized spacial score (nSPS) is 11.0. The van der Waals surface area contributed by atoms with E-state index in [0.29, 0.717) is 23.7 Å². The van der Waals surface area contributed by atoms with Gasteiger partial charge in [0.05, 0.1) is 13.7 Å². The minimum atomic E-state index is -0.181. The number of carbonyl (C=O) groups excluding carboxylic acids is 1. The number of rotatable bonds is 5. The fraction of sp³-hybridized carbons (Fsp3) is 0.350. The topological polar surface area (TPSA) is 47.6 Å². The van der Waals surface area contributed by atoms with Gasteiger partial charge >= 0.3 is 0 Å². The van der Waals surface area contributed by atoms with E-state index in [1.807, 2.05) is 31.2 Å². The highest BCUT2D eigenvalue weighted by molar-refractivity contribution is 6.04. The average Bonchev–Trinajstić information content (AvgIpc) is 2.55. The molecule has 0 bridgehead atoms. The van der Waals surface area contributed by atoms with Crippen molar-refractivity contribution in [2.24, 2.45) is 0 Å². The van der Waals surface area contributed by atoms with Gasteiger partial charge in [0.15, 0.2) is 11.5 Å². The summed E-state index contributed by atoms with van der Waals surface area (Å²) in [5, 5.41) is 2.90. The van der Waals surface area contributed by atoms with E-state index in [4.69, 9.17) is 9.47 Å². The molecule has 2 rings (SSSR count). The molecule has 0 aliphatic heterocycles. The Morgan fingerprint density at radius 3 is 2.25 bits per heavy atom. The second kappa shape index (κ2) is 7.39. The molecule has 128 valence electrons. The molecule has 0 spiro atoms. The predicted molar refractivity (Wildman–Crippen MR) is 97.3 cm³/mol. The fourth-order valence-corrected chi connectivity index (χ4v) is 2.34. The van der Waals surface area contributed by atoms with Crippen LogP contribution in [0.3, 0.4) is 0 Å². The number of benzene rings is 2. The lowest BCUT2D eigenvalue weighted by atomic mass is 9.87. The summed E-state index contributed by atoms with van der Waals surface area (Å²) in [5.41, 5.74) is 2.60. The maximum Gasteiger partial charge on any atom is 0.255 e. The highest BCUT2D eigenvalue weighted by Gasteiger charge is 2.14. The summed E-state index contributed by atoms with van der Waals surface area (Å²) in [5.74, 6) is 0.999. The molecule has 0 heterocycles. The van der Waals surface area contributed by atoms with E-state index >= 15 is 0 Å². The van der Waals surface area contributed by atoms with Crippen LogP contribution in [0.5, 0.6) is 11.5 Å². The molecular formula is C20H25NO3. The largest absolute Gasteiger partial charge is 0.493 e. The van der Waals surface area contributed by atoms with E-state index in [-0.39, 0.29) is 11.3 Å². The van der Waals surface area contributed by atoms with Crippen LogP contribution in [0.2, 0.25) is 0 Å². The Kier molecular flexibility index (Phi) is 5.50. The lowest BCUT2D eigenvalue weighted by molar-refractivity contribution is 0.102. The van der Waals surface area contributed by atoms with Gasteiger partial charge in [0.2, 0.25) is 0 Å². The van der Waals surface area contributed by atoms with Gasteiger partial charge in [-0.15, -0.1) is 0 Å². The highest BCUT2D eigenvalue weighted by Crippen LogP contribution is 2.28. The van der Waals surface area contributed by atoms with Crippen molar-refractivity contribution < 1.29 is 14.3 Å². The van der Waals surface area contributed by atoms with Gasteiger partial charge in [0, 0.05) is 11.3 Å². The van der Waals surface area contributed by atoms with Gasteiger partial charge in [0.1, 0.15) is 0 Å². The van der Waals surface area contributed by atoms with Crippen LogP contribution >= 0.6 is 0 Å². The van der Waals surface area contributed by atoms with Crippen molar-refractivity contribution in [2.45, 2.75) is 33.1 Å². The first-order valence-electron chi connectivity index (χ1n) is 8.08. The van der Waals surface area contributed by atoms with Gasteiger partial charge in [-0.1, -0.05) is 32.9 Å². The number of ether oxygens (including phenoxy) is 2. The Balaban J connectivity index is 2.15. The van der Waals surface area contributed by atoms with Crippen molar-refractivity contribution in [2.75, 3.05) is 19.0 Å². The summed E-state index contributed by atoms with van der Waals surface area (Å²) in [6, 6.07) is 13.1. The Bertz CT molecular complexity index is 700.